The van der Waals surface area contributed by atoms with Crippen molar-refractivity contribution in [1.29, 1.82) is 0 Å². The Hall–Kier alpha value is -4.43. The number of alkyl halides is 3. The Labute approximate surface area is 252 Å². The molecule has 0 spiro atoms. The van der Waals surface area contributed by atoms with E-state index in [4.69, 9.17) is 9.57 Å². The fourth-order valence-corrected chi connectivity index (χ4v) is 5.33. The number of methoxy groups -OCH3 is 1. The van der Waals surface area contributed by atoms with Crippen LogP contribution in [0.2, 0.25) is 0 Å². The predicted molar refractivity (Wildman–Crippen MR) is 159 cm³/mol. The van der Waals surface area contributed by atoms with Crippen LogP contribution in [0.15, 0.2) is 55.4 Å². The average molecular weight is 616 g/mol. The lowest BCUT2D eigenvalue weighted by Crippen LogP contribution is -2.46. The minimum absolute atomic E-state index is 0.227. The molecule has 1 aromatic heterocycles. The first-order chi connectivity index (χ1) is 21.1. The molecular formula is C30H33F4N7O3. The van der Waals surface area contributed by atoms with Crippen LogP contribution in [0, 0.1) is 5.82 Å². The number of likely N-dealkylation sites (N-methyl/N-ethyl adjacent to an activating group) is 1. The molecule has 2 saturated heterocycles. The molecule has 2 N–H and O–H groups in total. The number of ether oxygens (including phenoxy) is 1. The van der Waals surface area contributed by atoms with Gasteiger partial charge in [0.2, 0.25) is 5.91 Å². The Morgan fingerprint density at radius 3 is 2.59 bits per heavy atom. The quantitative estimate of drug-likeness (QED) is 0.238. The molecule has 3 aromatic rings. The van der Waals surface area contributed by atoms with E-state index in [9.17, 15) is 22.4 Å². The fourth-order valence-electron chi connectivity index (χ4n) is 5.33. The molecule has 2 aromatic carbocycles. The predicted octanol–water partition coefficient (Wildman–Crippen LogP) is 5.54. The van der Waals surface area contributed by atoms with Crippen LogP contribution < -0.4 is 25.3 Å². The van der Waals surface area contributed by atoms with Crippen LogP contribution in [0.3, 0.4) is 0 Å². The molecule has 14 heteroatoms. The van der Waals surface area contributed by atoms with E-state index in [1.54, 1.807) is 12.1 Å². The highest BCUT2D eigenvalue weighted by Crippen LogP contribution is 2.41. The summed E-state index contributed by atoms with van der Waals surface area (Å²) in [5, 5.41) is 7.47. The molecule has 1 amide bonds. The van der Waals surface area contributed by atoms with E-state index in [2.05, 4.69) is 43.9 Å². The molecule has 2 aliphatic rings. The van der Waals surface area contributed by atoms with Gasteiger partial charge < -0.3 is 25.2 Å². The highest BCUT2D eigenvalue weighted by Gasteiger charge is 2.37. The molecule has 2 aliphatic heterocycles. The first kappa shape index (κ1) is 31.0. The molecule has 2 fully saturated rings. The summed E-state index contributed by atoms with van der Waals surface area (Å²) >= 11 is 0. The third-order valence-electron chi connectivity index (χ3n) is 7.65. The van der Waals surface area contributed by atoms with Crippen molar-refractivity contribution in [3.63, 3.8) is 0 Å². The van der Waals surface area contributed by atoms with Gasteiger partial charge >= 0.3 is 6.18 Å². The van der Waals surface area contributed by atoms with Crippen molar-refractivity contribution in [2.75, 3.05) is 67.0 Å². The number of hydrogen-bond acceptors (Lipinski definition) is 9. The standard InChI is InChI=1S/C30H33F4N7O3/c1-4-29(42)38-22-15-23(26(43-3)16-25(22)40-11-9-39(5-2)10-12-40)37-27-17-28(36-18-35-27)41-24(8-13-44-41)19-6-7-21(31)20(14-19)30(32,33)34/h4,6-7,14-18,24H,1,5,8-13H2,2-3H3,(H,38,42)(H,35,36,37). The van der Waals surface area contributed by atoms with E-state index in [-0.39, 0.29) is 23.9 Å². The Balaban J connectivity index is 1.43. The maximum absolute atomic E-state index is 13.9. The van der Waals surface area contributed by atoms with Crippen molar-refractivity contribution < 1.29 is 31.9 Å². The monoisotopic (exact) mass is 615 g/mol. The van der Waals surface area contributed by atoms with E-state index in [0.29, 0.717) is 29.4 Å². The highest BCUT2D eigenvalue weighted by atomic mass is 19.4. The number of piperazine rings is 1. The Morgan fingerprint density at radius 2 is 1.91 bits per heavy atom. The van der Waals surface area contributed by atoms with Gasteiger partial charge in [-0.25, -0.2) is 19.4 Å². The molecule has 234 valence electrons. The maximum Gasteiger partial charge on any atom is 0.419 e. The van der Waals surface area contributed by atoms with Crippen LogP contribution in [-0.4, -0.2) is 67.2 Å². The van der Waals surface area contributed by atoms with Crippen molar-refractivity contribution in [3.8, 4) is 5.75 Å². The number of aromatic nitrogens is 2. The summed E-state index contributed by atoms with van der Waals surface area (Å²) in [6.07, 6.45) is -1.99. The van der Waals surface area contributed by atoms with Gasteiger partial charge in [-0.3, -0.25) is 9.63 Å². The fraction of sp³-hybridized carbons (Fsp3) is 0.367. The van der Waals surface area contributed by atoms with Crippen molar-refractivity contribution in [2.24, 2.45) is 0 Å². The smallest absolute Gasteiger partial charge is 0.419 e. The average Bonchev–Trinajstić information content (AvgIpc) is 3.51. The summed E-state index contributed by atoms with van der Waals surface area (Å²) in [5.41, 5.74) is 0.752. The van der Waals surface area contributed by atoms with Crippen molar-refractivity contribution in [2.45, 2.75) is 25.6 Å². The number of nitrogens with zero attached hydrogens (tertiary/aromatic N) is 5. The zero-order valence-electron chi connectivity index (χ0n) is 24.3. The second-order valence-corrected chi connectivity index (χ2v) is 10.3. The number of hydrogen-bond donors (Lipinski definition) is 2. The van der Waals surface area contributed by atoms with Gasteiger partial charge in [-0.15, -0.1) is 0 Å². The summed E-state index contributed by atoms with van der Waals surface area (Å²) in [7, 11) is 1.54. The molecular weight excluding hydrogens is 582 g/mol. The number of carbonyl (C=O) groups is 1. The lowest BCUT2D eigenvalue weighted by Gasteiger charge is -2.36. The first-order valence-electron chi connectivity index (χ1n) is 14.1. The van der Waals surface area contributed by atoms with Gasteiger partial charge in [0.15, 0.2) is 5.82 Å². The van der Waals surface area contributed by atoms with E-state index >= 15 is 0 Å². The summed E-state index contributed by atoms with van der Waals surface area (Å²) in [5.74, 6) is -0.593. The minimum atomic E-state index is -4.83. The molecule has 1 atom stereocenters. The summed E-state index contributed by atoms with van der Waals surface area (Å²) in [6, 6.07) is 7.45. The lowest BCUT2D eigenvalue weighted by atomic mass is 10.0. The van der Waals surface area contributed by atoms with Crippen LogP contribution in [0.4, 0.5) is 46.3 Å². The number of amides is 1. The largest absolute Gasteiger partial charge is 0.494 e. The van der Waals surface area contributed by atoms with Crippen LogP contribution in [0.1, 0.15) is 30.5 Å². The molecule has 1 unspecified atom stereocenters. The molecule has 0 bridgehead atoms. The SMILES string of the molecule is C=CC(=O)Nc1cc(Nc2cc(N3OCCC3c3ccc(F)c(C(F)(F)F)c3)ncn2)c(OC)cc1N1CCN(CC)CC1. The van der Waals surface area contributed by atoms with Gasteiger partial charge in [0, 0.05) is 44.7 Å². The van der Waals surface area contributed by atoms with Gasteiger partial charge in [0.1, 0.15) is 23.7 Å². The summed E-state index contributed by atoms with van der Waals surface area (Å²) in [6.45, 7) is 10.2. The number of anilines is 5. The number of carbonyl (C=O) groups excluding carboxylic acids is 1. The topological polar surface area (TPSA) is 95.1 Å². The van der Waals surface area contributed by atoms with Gasteiger partial charge in [0.05, 0.1) is 42.4 Å². The minimum Gasteiger partial charge on any atom is -0.494 e. The molecule has 0 radical (unpaired) electrons. The summed E-state index contributed by atoms with van der Waals surface area (Å²) < 4.78 is 59.8. The Bertz CT molecular complexity index is 1510. The number of hydroxylamine groups is 1. The van der Waals surface area contributed by atoms with Gasteiger partial charge in [0.25, 0.3) is 0 Å². The number of halogens is 4. The molecule has 3 heterocycles. The van der Waals surface area contributed by atoms with Crippen LogP contribution in [-0.2, 0) is 15.8 Å². The highest BCUT2D eigenvalue weighted by molar-refractivity contribution is 6.02. The van der Waals surface area contributed by atoms with Crippen molar-refractivity contribution >= 4 is 34.6 Å². The number of benzene rings is 2. The van der Waals surface area contributed by atoms with Gasteiger partial charge in [-0.1, -0.05) is 19.6 Å². The molecule has 5 rings (SSSR count). The number of rotatable bonds is 9. The normalized spacial score (nSPS) is 17.5. The zero-order valence-corrected chi connectivity index (χ0v) is 24.3. The lowest BCUT2D eigenvalue weighted by molar-refractivity contribution is -0.140. The third kappa shape index (κ3) is 6.70. The van der Waals surface area contributed by atoms with Crippen LogP contribution >= 0.6 is 0 Å². The zero-order chi connectivity index (χ0) is 31.4. The summed E-state index contributed by atoms with van der Waals surface area (Å²) in [4.78, 5) is 31.2. The van der Waals surface area contributed by atoms with E-state index < -0.39 is 23.6 Å². The molecule has 0 saturated carbocycles. The first-order valence-corrected chi connectivity index (χ1v) is 14.1. The van der Waals surface area contributed by atoms with Crippen LogP contribution in [0.25, 0.3) is 0 Å². The second kappa shape index (κ2) is 13.1. The Kier molecular flexibility index (Phi) is 9.20. The third-order valence-corrected chi connectivity index (χ3v) is 7.65. The maximum atomic E-state index is 13.9. The second-order valence-electron chi connectivity index (χ2n) is 10.3. The number of nitrogens with one attached hydrogen (secondary N) is 2. The van der Waals surface area contributed by atoms with E-state index in [1.165, 1.54) is 30.6 Å². The van der Waals surface area contributed by atoms with Crippen molar-refractivity contribution in [3.05, 3.63) is 72.3 Å². The van der Waals surface area contributed by atoms with E-state index in [0.717, 1.165) is 50.5 Å². The van der Waals surface area contributed by atoms with Gasteiger partial charge in [-0.2, -0.15) is 13.2 Å². The molecule has 44 heavy (non-hydrogen) atoms. The molecule has 10 nitrogen and oxygen atoms in total. The van der Waals surface area contributed by atoms with Gasteiger partial charge in [-0.05, 0) is 36.4 Å². The van der Waals surface area contributed by atoms with Crippen molar-refractivity contribution in [1.82, 2.24) is 14.9 Å². The molecule has 0 aliphatic carbocycles. The van der Waals surface area contributed by atoms with E-state index in [1.807, 2.05) is 6.07 Å². The Morgan fingerprint density at radius 1 is 1.14 bits per heavy atom. The van der Waals surface area contributed by atoms with Crippen LogP contribution in [0.5, 0.6) is 5.75 Å².